The topological polar surface area (TPSA) is 104 Å². The van der Waals surface area contributed by atoms with E-state index in [2.05, 4.69) is 26.1 Å². The Balaban J connectivity index is 1.20. The van der Waals surface area contributed by atoms with Gasteiger partial charge in [-0.3, -0.25) is 9.35 Å². The van der Waals surface area contributed by atoms with E-state index < -0.39 is 22.0 Å². The molecule has 4 aliphatic rings. The summed E-state index contributed by atoms with van der Waals surface area (Å²) in [4.78, 5) is 12.7. The van der Waals surface area contributed by atoms with E-state index in [-0.39, 0.29) is 12.5 Å². The van der Waals surface area contributed by atoms with E-state index in [1.54, 1.807) is 0 Å². The molecule has 9 atom stereocenters. The molecule has 8 heteroatoms. The van der Waals surface area contributed by atoms with Crippen molar-refractivity contribution < 1.29 is 27.4 Å². The minimum Gasteiger partial charge on any atom is -0.386 e. The van der Waals surface area contributed by atoms with E-state index in [0.717, 1.165) is 42.4 Å². The Morgan fingerprint density at radius 3 is 2.45 bits per heavy atom. The van der Waals surface area contributed by atoms with Crippen LogP contribution in [0.4, 0.5) is 0 Å². The summed E-state index contributed by atoms with van der Waals surface area (Å²) in [5, 5.41) is 13.0. The van der Waals surface area contributed by atoms with Crippen molar-refractivity contribution in [3.8, 4) is 0 Å². The monoisotopic (exact) mass is 583 g/mol. The van der Waals surface area contributed by atoms with Gasteiger partial charge in [0.05, 0.1) is 20.6 Å². The van der Waals surface area contributed by atoms with E-state index in [1.807, 2.05) is 14.1 Å². The molecule has 3 N–H and O–H groups in total. The Morgan fingerprint density at radius 1 is 1.00 bits per heavy atom. The smallest absolute Gasteiger partial charge is 0.267 e. The molecule has 0 aromatic rings. The number of aliphatic hydroxyl groups is 1. The molecule has 0 unspecified atom stereocenters. The van der Waals surface area contributed by atoms with E-state index in [4.69, 9.17) is 4.55 Å². The average molecular weight is 584 g/mol. The molecule has 0 radical (unpaired) electrons. The first-order valence-corrected chi connectivity index (χ1v) is 18.0. The second-order valence-electron chi connectivity index (χ2n) is 15.6. The van der Waals surface area contributed by atoms with Gasteiger partial charge in [-0.15, -0.1) is 0 Å². The number of rotatable bonds is 12. The number of amides is 1. The van der Waals surface area contributed by atoms with Crippen LogP contribution in [0.15, 0.2) is 0 Å². The molecule has 1 amide bonds. The fourth-order valence-electron chi connectivity index (χ4n) is 10.6. The predicted octanol–water partition coefficient (Wildman–Crippen LogP) is 5.28. The zero-order valence-electron chi connectivity index (χ0n) is 26.0. The lowest BCUT2D eigenvalue weighted by Gasteiger charge is -2.61. The third-order valence-corrected chi connectivity index (χ3v) is 13.3. The molecule has 0 aromatic carbocycles. The van der Waals surface area contributed by atoms with Gasteiger partial charge in [0.1, 0.15) is 18.4 Å². The Hall–Kier alpha value is -0.700. The molecule has 40 heavy (non-hydrogen) atoms. The van der Waals surface area contributed by atoms with Crippen LogP contribution in [0.5, 0.6) is 0 Å². The van der Waals surface area contributed by atoms with Gasteiger partial charge in [-0.05, 0) is 104 Å². The van der Waals surface area contributed by atoms with Gasteiger partial charge in [0.25, 0.3) is 10.1 Å². The molecule has 4 rings (SSSR count). The maximum atomic E-state index is 12.7. The van der Waals surface area contributed by atoms with E-state index >= 15 is 0 Å². The summed E-state index contributed by atoms with van der Waals surface area (Å²) in [6, 6.07) is 0. The highest BCUT2D eigenvalue weighted by molar-refractivity contribution is 7.85. The van der Waals surface area contributed by atoms with E-state index in [9.17, 15) is 18.3 Å². The van der Waals surface area contributed by atoms with Crippen LogP contribution in [-0.4, -0.2) is 74.1 Å². The number of aliphatic hydroxyl groups excluding tert-OH is 1. The quantitative estimate of drug-likeness (QED) is 0.165. The molecule has 0 saturated heterocycles. The largest absolute Gasteiger partial charge is 0.386 e. The second-order valence-corrected chi connectivity index (χ2v) is 17.1. The summed E-state index contributed by atoms with van der Waals surface area (Å²) in [5.41, 5.74) is 1.04. The number of hydrogen-bond acceptors (Lipinski definition) is 4. The number of carbonyl (C=O) groups excluding carboxylic acids is 1. The minimum absolute atomic E-state index is 0.121. The lowest BCUT2D eigenvalue weighted by molar-refractivity contribution is -0.893. The normalized spacial score (nSPS) is 37.6. The van der Waals surface area contributed by atoms with Gasteiger partial charge < -0.3 is 14.9 Å². The summed E-state index contributed by atoms with van der Waals surface area (Å²) in [7, 11) is -0.357. The third kappa shape index (κ3) is 7.26. The Bertz CT molecular complexity index is 986. The number of likely N-dealkylation sites (N-methyl/N-ethyl adjacent to an activating group) is 1. The molecule has 0 heterocycles. The Kier molecular flexibility index (Phi) is 10.1. The summed E-state index contributed by atoms with van der Waals surface area (Å²) < 4.78 is 31.4. The van der Waals surface area contributed by atoms with Crippen LogP contribution in [0.1, 0.15) is 104 Å². The summed E-state index contributed by atoms with van der Waals surface area (Å²) in [6.07, 6.45) is 15.5. The number of carbonyl (C=O) groups is 1. The highest BCUT2D eigenvalue weighted by atomic mass is 32.2. The third-order valence-electron chi connectivity index (χ3n) is 12.5. The highest BCUT2D eigenvalue weighted by Gasteiger charge is 2.60. The van der Waals surface area contributed by atoms with Gasteiger partial charge in [0, 0.05) is 19.4 Å². The van der Waals surface area contributed by atoms with Crippen LogP contribution in [0, 0.1) is 46.3 Å². The molecule has 4 saturated carbocycles. The highest BCUT2D eigenvalue weighted by Crippen LogP contribution is 2.68. The first-order valence-electron chi connectivity index (χ1n) is 16.4. The average Bonchev–Trinajstić information content (AvgIpc) is 3.20. The molecular formula is C32H59N2O5S+. The summed E-state index contributed by atoms with van der Waals surface area (Å²) in [5.74, 6) is 4.50. The van der Waals surface area contributed by atoms with Gasteiger partial charge in [0.2, 0.25) is 5.91 Å². The molecular weight excluding hydrogens is 524 g/mol. The fraction of sp³-hybridized carbons (Fsp3) is 0.969. The molecule has 0 spiro atoms. The van der Waals surface area contributed by atoms with Gasteiger partial charge in [-0.25, -0.2) is 0 Å². The first-order chi connectivity index (χ1) is 18.6. The second kappa shape index (κ2) is 12.5. The number of nitrogens with zero attached hydrogens (tertiary/aromatic N) is 1. The first kappa shape index (κ1) is 32.2. The van der Waals surface area contributed by atoms with Gasteiger partial charge in [-0.2, -0.15) is 8.42 Å². The molecule has 0 bridgehead atoms. The maximum Gasteiger partial charge on any atom is 0.267 e. The van der Waals surface area contributed by atoms with Crippen molar-refractivity contribution >= 4 is 16.0 Å². The molecule has 0 aromatic heterocycles. The van der Waals surface area contributed by atoms with Crippen LogP contribution in [0.25, 0.3) is 0 Å². The molecule has 0 aliphatic heterocycles. The number of quaternary nitrogens is 1. The molecule has 4 fully saturated rings. The standard InChI is InChI=1S/C32H58N2O5S/c1-23(10-15-30(36)33-19-8-20-34(4,5)21-25(35)22-40(37,38)39)27-13-14-28-26-12-11-24-9-6-7-17-31(24,2)29(26)16-18-32(27,28)3/h23-29,35H,6-22H2,1-5H3,(H-,33,36,37,38,39)/p+1/t23-,24-,25+,26+,27-,28+,29+,31+,32-/m1/s1. The SMILES string of the molecule is C[C@H](CCC(=O)NCCC[N+](C)(C)C[C@H](O)CS(=O)(=O)O)[C@H]1CC[C@H]2[C@@H]3CC[C@H]4CCCC[C@]4(C)[C@H]3CC[C@]12C. The van der Waals surface area contributed by atoms with Gasteiger partial charge >= 0.3 is 0 Å². The fourth-order valence-corrected chi connectivity index (χ4v) is 11.2. The van der Waals surface area contributed by atoms with Crippen molar-refractivity contribution in [1.29, 1.82) is 0 Å². The van der Waals surface area contributed by atoms with Crippen molar-refractivity contribution in [3.05, 3.63) is 0 Å². The van der Waals surface area contributed by atoms with Crippen LogP contribution in [0.3, 0.4) is 0 Å². The molecule has 232 valence electrons. The van der Waals surface area contributed by atoms with Gasteiger partial charge in [0.15, 0.2) is 0 Å². The number of hydrogen-bond donors (Lipinski definition) is 3. The zero-order valence-corrected chi connectivity index (χ0v) is 26.9. The lowest BCUT2D eigenvalue weighted by Crippen LogP contribution is -2.53. The van der Waals surface area contributed by atoms with Crippen molar-refractivity contribution in [1.82, 2.24) is 5.32 Å². The van der Waals surface area contributed by atoms with Crippen LogP contribution < -0.4 is 5.32 Å². The van der Waals surface area contributed by atoms with Crippen molar-refractivity contribution in [2.45, 2.75) is 110 Å². The van der Waals surface area contributed by atoms with E-state index in [1.165, 1.54) is 64.2 Å². The molecule has 7 nitrogen and oxygen atoms in total. The van der Waals surface area contributed by atoms with Crippen LogP contribution >= 0.6 is 0 Å². The van der Waals surface area contributed by atoms with Crippen molar-refractivity contribution in [2.75, 3.05) is 39.5 Å². The van der Waals surface area contributed by atoms with Crippen LogP contribution in [-0.2, 0) is 14.9 Å². The predicted molar refractivity (Wildman–Crippen MR) is 160 cm³/mol. The van der Waals surface area contributed by atoms with E-state index in [0.29, 0.717) is 40.7 Å². The van der Waals surface area contributed by atoms with Gasteiger partial charge in [-0.1, -0.05) is 33.6 Å². The molecule has 4 aliphatic carbocycles. The van der Waals surface area contributed by atoms with Crippen molar-refractivity contribution in [3.63, 3.8) is 0 Å². The Morgan fingerprint density at radius 2 is 1.73 bits per heavy atom. The van der Waals surface area contributed by atoms with Crippen molar-refractivity contribution in [2.24, 2.45) is 46.3 Å². The number of nitrogens with one attached hydrogen (secondary N) is 1. The summed E-state index contributed by atoms with van der Waals surface area (Å²) in [6.45, 7) is 9.18. The minimum atomic E-state index is -4.19. The summed E-state index contributed by atoms with van der Waals surface area (Å²) >= 11 is 0. The zero-order chi connectivity index (χ0) is 29.3. The van der Waals surface area contributed by atoms with Crippen LogP contribution in [0.2, 0.25) is 0 Å². The number of fused-ring (bicyclic) bond motifs is 5. The Labute approximate surface area is 244 Å². The maximum absolute atomic E-state index is 12.7. The lowest BCUT2D eigenvalue weighted by atomic mass is 9.44.